The van der Waals surface area contributed by atoms with E-state index in [0.717, 1.165) is 39.1 Å². The van der Waals surface area contributed by atoms with Crippen LogP contribution < -0.4 is 5.73 Å². The molecule has 1 aliphatic rings. The van der Waals surface area contributed by atoms with Crippen LogP contribution >= 0.6 is 12.2 Å². The number of rotatable bonds is 6. The van der Waals surface area contributed by atoms with Gasteiger partial charge in [-0.2, -0.15) is 0 Å². The number of nitrogens with zero attached hydrogens (tertiary/aromatic N) is 1. The molecule has 1 heterocycles. The van der Waals surface area contributed by atoms with Crippen LogP contribution in [0.15, 0.2) is 0 Å². The maximum Gasteiger partial charge on any atom is 0.0902 e. The molecule has 0 amide bonds. The molecule has 0 bridgehead atoms. The first-order valence-electron chi connectivity index (χ1n) is 5.86. The minimum Gasteiger partial charge on any atom is -0.392 e. The fourth-order valence-electron chi connectivity index (χ4n) is 2.09. The molecule has 1 rings (SSSR count). The van der Waals surface area contributed by atoms with Gasteiger partial charge in [-0.05, 0) is 32.7 Å². The van der Waals surface area contributed by atoms with Gasteiger partial charge in [0.05, 0.1) is 11.0 Å². The largest absolute Gasteiger partial charge is 0.392 e. The molecule has 4 heteroatoms. The van der Waals surface area contributed by atoms with Crippen molar-refractivity contribution in [3.63, 3.8) is 0 Å². The van der Waals surface area contributed by atoms with Gasteiger partial charge in [0.15, 0.2) is 0 Å². The first kappa shape index (κ1) is 12.9. The number of likely N-dealkylation sites (tertiary alicyclic amines) is 1. The van der Waals surface area contributed by atoms with E-state index in [9.17, 15) is 0 Å². The lowest BCUT2D eigenvalue weighted by Gasteiger charge is -2.34. The summed E-state index contributed by atoms with van der Waals surface area (Å²) in [5.41, 5.74) is 5.75. The summed E-state index contributed by atoms with van der Waals surface area (Å²) in [6.45, 7) is 5.87. The minimum atomic E-state index is 0.329. The van der Waals surface area contributed by atoms with Gasteiger partial charge in [0, 0.05) is 19.8 Å². The Morgan fingerprint density at radius 2 is 2.33 bits per heavy atom. The Balaban J connectivity index is 2.26. The molecule has 1 saturated heterocycles. The van der Waals surface area contributed by atoms with Gasteiger partial charge in [-0.1, -0.05) is 18.6 Å². The topological polar surface area (TPSA) is 38.5 Å². The predicted octanol–water partition coefficient (Wildman–Crippen LogP) is 1.55. The molecule has 1 unspecified atom stereocenters. The SMILES string of the molecule is CCOCCCN1CCCCC1C(N)=S. The van der Waals surface area contributed by atoms with Gasteiger partial charge in [0.2, 0.25) is 0 Å². The third kappa shape index (κ3) is 4.45. The molecule has 0 spiro atoms. The number of ether oxygens (including phenoxy) is 1. The van der Waals surface area contributed by atoms with Gasteiger partial charge >= 0.3 is 0 Å². The highest BCUT2D eigenvalue weighted by molar-refractivity contribution is 7.80. The average molecular weight is 230 g/mol. The Kier molecular flexibility index (Phi) is 6.13. The second-order valence-electron chi connectivity index (χ2n) is 4.00. The summed E-state index contributed by atoms with van der Waals surface area (Å²) in [4.78, 5) is 3.07. The predicted molar refractivity (Wildman–Crippen MR) is 67.1 cm³/mol. The maximum absolute atomic E-state index is 5.75. The molecule has 1 fully saturated rings. The molecule has 0 aromatic heterocycles. The quantitative estimate of drug-likeness (QED) is 0.555. The second kappa shape index (κ2) is 7.14. The zero-order valence-corrected chi connectivity index (χ0v) is 10.4. The summed E-state index contributed by atoms with van der Waals surface area (Å²) in [6.07, 6.45) is 4.73. The first-order chi connectivity index (χ1) is 7.25. The van der Waals surface area contributed by atoms with E-state index in [1.165, 1.54) is 12.8 Å². The third-order valence-electron chi connectivity index (χ3n) is 2.88. The molecule has 1 atom stereocenters. The van der Waals surface area contributed by atoms with Gasteiger partial charge in [-0.15, -0.1) is 0 Å². The Morgan fingerprint density at radius 3 is 3.00 bits per heavy atom. The fourth-order valence-corrected chi connectivity index (χ4v) is 2.36. The van der Waals surface area contributed by atoms with Gasteiger partial charge < -0.3 is 10.5 Å². The molecular weight excluding hydrogens is 208 g/mol. The van der Waals surface area contributed by atoms with Crippen molar-refractivity contribution in [2.24, 2.45) is 5.73 Å². The molecule has 2 N–H and O–H groups in total. The smallest absolute Gasteiger partial charge is 0.0902 e. The molecule has 1 aliphatic heterocycles. The molecule has 0 aromatic rings. The number of hydrogen-bond acceptors (Lipinski definition) is 3. The highest BCUT2D eigenvalue weighted by atomic mass is 32.1. The van der Waals surface area contributed by atoms with Crippen LogP contribution in [-0.4, -0.2) is 42.2 Å². The summed E-state index contributed by atoms with van der Waals surface area (Å²) in [7, 11) is 0. The number of nitrogens with two attached hydrogens (primary N) is 1. The van der Waals surface area contributed by atoms with Gasteiger partial charge in [-0.3, -0.25) is 4.90 Å². The lowest BCUT2D eigenvalue weighted by molar-refractivity contribution is 0.120. The number of thiocarbonyl (C=S) groups is 1. The monoisotopic (exact) mass is 230 g/mol. The van der Waals surface area contributed by atoms with Crippen LogP contribution in [-0.2, 0) is 4.74 Å². The van der Waals surface area contributed by atoms with E-state index >= 15 is 0 Å². The van der Waals surface area contributed by atoms with E-state index in [4.69, 9.17) is 22.7 Å². The van der Waals surface area contributed by atoms with Crippen molar-refractivity contribution in [3.05, 3.63) is 0 Å². The fraction of sp³-hybridized carbons (Fsp3) is 0.909. The molecular formula is C11H22N2OS. The zero-order valence-electron chi connectivity index (χ0n) is 9.58. The highest BCUT2D eigenvalue weighted by Gasteiger charge is 2.23. The molecule has 0 saturated carbocycles. The van der Waals surface area contributed by atoms with Crippen LogP contribution in [0.1, 0.15) is 32.6 Å². The van der Waals surface area contributed by atoms with Gasteiger partial charge in [0.1, 0.15) is 0 Å². The molecule has 3 nitrogen and oxygen atoms in total. The van der Waals surface area contributed by atoms with Crippen molar-refractivity contribution in [2.45, 2.75) is 38.6 Å². The van der Waals surface area contributed by atoms with Crippen molar-refractivity contribution in [1.82, 2.24) is 4.90 Å². The Labute approximate surface area is 98.0 Å². The second-order valence-corrected chi connectivity index (χ2v) is 4.47. The molecule has 0 radical (unpaired) electrons. The van der Waals surface area contributed by atoms with Gasteiger partial charge in [0.25, 0.3) is 0 Å². The lowest BCUT2D eigenvalue weighted by Crippen LogP contribution is -2.47. The summed E-state index contributed by atoms with van der Waals surface area (Å²) < 4.78 is 5.33. The average Bonchev–Trinajstić information content (AvgIpc) is 2.25. The van der Waals surface area contributed by atoms with Crippen LogP contribution in [0.2, 0.25) is 0 Å². The molecule has 88 valence electrons. The first-order valence-corrected chi connectivity index (χ1v) is 6.27. The van der Waals surface area contributed by atoms with Crippen molar-refractivity contribution in [2.75, 3.05) is 26.3 Å². The van der Waals surface area contributed by atoms with E-state index in [2.05, 4.69) is 4.90 Å². The number of hydrogen-bond donors (Lipinski definition) is 1. The van der Waals surface area contributed by atoms with Crippen LogP contribution in [0, 0.1) is 0 Å². The van der Waals surface area contributed by atoms with E-state index < -0.39 is 0 Å². The van der Waals surface area contributed by atoms with Crippen molar-refractivity contribution in [1.29, 1.82) is 0 Å². The molecule has 15 heavy (non-hydrogen) atoms. The summed E-state index contributed by atoms with van der Waals surface area (Å²) in [5.74, 6) is 0. The highest BCUT2D eigenvalue weighted by Crippen LogP contribution is 2.17. The minimum absolute atomic E-state index is 0.329. The maximum atomic E-state index is 5.75. The summed E-state index contributed by atoms with van der Waals surface area (Å²) in [5, 5.41) is 0. The Hall–Kier alpha value is -0.190. The normalized spacial score (nSPS) is 22.9. The van der Waals surface area contributed by atoms with Crippen LogP contribution in [0.25, 0.3) is 0 Å². The molecule has 0 aliphatic carbocycles. The molecule has 0 aromatic carbocycles. The Morgan fingerprint density at radius 1 is 1.53 bits per heavy atom. The lowest BCUT2D eigenvalue weighted by atomic mass is 10.0. The summed E-state index contributed by atoms with van der Waals surface area (Å²) in [6, 6.07) is 0.329. The van der Waals surface area contributed by atoms with E-state index in [0.29, 0.717) is 11.0 Å². The van der Waals surface area contributed by atoms with E-state index in [-0.39, 0.29) is 0 Å². The van der Waals surface area contributed by atoms with Crippen LogP contribution in [0.3, 0.4) is 0 Å². The number of piperidine rings is 1. The van der Waals surface area contributed by atoms with Gasteiger partial charge in [-0.25, -0.2) is 0 Å². The third-order valence-corrected chi connectivity index (χ3v) is 3.15. The summed E-state index contributed by atoms with van der Waals surface area (Å²) >= 11 is 5.10. The van der Waals surface area contributed by atoms with Crippen molar-refractivity contribution >= 4 is 17.2 Å². The van der Waals surface area contributed by atoms with Crippen LogP contribution in [0.4, 0.5) is 0 Å². The zero-order chi connectivity index (χ0) is 11.1. The van der Waals surface area contributed by atoms with E-state index in [1.54, 1.807) is 0 Å². The van der Waals surface area contributed by atoms with Crippen molar-refractivity contribution < 1.29 is 4.74 Å². The van der Waals surface area contributed by atoms with Crippen LogP contribution in [0.5, 0.6) is 0 Å². The standard InChI is InChI=1S/C11H22N2OS/c1-2-14-9-5-8-13-7-4-3-6-10(13)11(12)15/h10H,2-9H2,1H3,(H2,12,15). The Bertz CT molecular complexity index is 199. The van der Waals surface area contributed by atoms with Crippen molar-refractivity contribution in [3.8, 4) is 0 Å². The van der Waals surface area contributed by atoms with E-state index in [1.807, 2.05) is 6.92 Å².